The Hall–Kier alpha value is -0.410. The van der Waals surface area contributed by atoms with Gasteiger partial charge in [0.05, 0.1) is 4.47 Å². The number of rotatable bonds is 1. The van der Waals surface area contributed by atoms with Crippen molar-refractivity contribution in [2.75, 3.05) is 13.1 Å². The summed E-state index contributed by atoms with van der Waals surface area (Å²) in [6, 6.07) is 5.35. The Morgan fingerprint density at radius 3 is 2.64 bits per heavy atom. The van der Waals surface area contributed by atoms with Crippen molar-refractivity contribution in [2.45, 2.75) is 18.8 Å². The Morgan fingerprint density at radius 1 is 1.29 bits per heavy atom. The van der Waals surface area contributed by atoms with E-state index >= 15 is 0 Å². The molecule has 0 atom stereocenters. The second kappa shape index (κ2) is 4.41. The molecule has 1 aromatic carbocycles. The van der Waals surface area contributed by atoms with E-state index in [2.05, 4.69) is 21.2 Å². The number of piperidine rings is 1. The van der Waals surface area contributed by atoms with Crippen molar-refractivity contribution in [1.29, 1.82) is 0 Å². The number of hydrogen-bond acceptors (Lipinski definition) is 1. The molecule has 0 unspecified atom stereocenters. The van der Waals surface area contributed by atoms with Crippen LogP contribution in [0.15, 0.2) is 22.7 Å². The molecule has 76 valence electrons. The minimum atomic E-state index is -0.178. The van der Waals surface area contributed by atoms with Crippen LogP contribution in [0.3, 0.4) is 0 Å². The third-order valence-electron chi connectivity index (χ3n) is 2.75. The van der Waals surface area contributed by atoms with Gasteiger partial charge in [0.2, 0.25) is 0 Å². The lowest BCUT2D eigenvalue weighted by Crippen LogP contribution is -2.26. The predicted molar refractivity (Wildman–Crippen MR) is 58.9 cm³/mol. The largest absolute Gasteiger partial charge is 0.317 e. The van der Waals surface area contributed by atoms with Gasteiger partial charge in [0.15, 0.2) is 0 Å². The van der Waals surface area contributed by atoms with E-state index in [1.165, 1.54) is 5.56 Å². The van der Waals surface area contributed by atoms with Crippen LogP contribution in [0.1, 0.15) is 24.3 Å². The van der Waals surface area contributed by atoms with Gasteiger partial charge in [-0.2, -0.15) is 0 Å². The van der Waals surface area contributed by atoms with Crippen molar-refractivity contribution in [3.63, 3.8) is 0 Å². The molecule has 1 fully saturated rings. The second-order valence-electron chi connectivity index (χ2n) is 3.70. The van der Waals surface area contributed by atoms with Crippen LogP contribution in [0.25, 0.3) is 0 Å². The van der Waals surface area contributed by atoms with Crippen molar-refractivity contribution in [2.24, 2.45) is 0 Å². The Labute approximate surface area is 91.8 Å². The maximum absolute atomic E-state index is 13.0. The third-order valence-corrected chi connectivity index (χ3v) is 3.36. The van der Waals surface area contributed by atoms with Crippen molar-refractivity contribution >= 4 is 15.9 Å². The summed E-state index contributed by atoms with van der Waals surface area (Å²) in [6.45, 7) is 2.14. The summed E-state index contributed by atoms with van der Waals surface area (Å²) in [5.41, 5.74) is 1.25. The van der Waals surface area contributed by atoms with Crippen LogP contribution in [0.4, 0.5) is 4.39 Å². The molecular weight excluding hydrogens is 245 g/mol. The fraction of sp³-hybridized carbons (Fsp3) is 0.455. The highest BCUT2D eigenvalue weighted by molar-refractivity contribution is 9.10. The van der Waals surface area contributed by atoms with E-state index in [1.54, 1.807) is 6.07 Å². The van der Waals surface area contributed by atoms with Crippen LogP contribution >= 0.6 is 15.9 Å². The number of nitrogens with one attached hydrogen (secondary N) is 1. The molecule has 14 heavy (non-hydrogen) atoms. The lowest BCUT2D eigenvalue weighted by molar-refractivity contribution is 0.459. The molecule has 0 aromatic heterocycles. The maximum Gasteiger partial charge on any atom is 0.137 e. The van der Waals surface area contributed by atoms with Gasteiger partial charge in [-0.25, -0.2) is 4.39 Å². The smallest absolute Gasteiger partial charge is 0.137 e. The van der Waals surface area contributed by atoms with Gasteiger partial charge in [-0.1, -0.05) is 6.07 Å². The molecule has 1 saturated heterocycles. The molecule has 1 heterocycles. The Bertz CT molecular complexity index is 321. The van der Waals surface area contributed by atoms with E-state index in [1.807, 2.05) is 12.1 Å². The molecule has 0 saturated carbocycles. The van der Waals surface area contributed by atoms with Crippen LogP contribution in [0.2, 0.25) is 0 Å². The molecule has 0 amide bonds. The van der Waals surface area contributed by atoms with Crippen LogP contribution < -0.4 is 5.32 Å². The zero-order valence-electron chi connectivity index (χ0n) is 7.89. The zero-order chi connectivity index (χ0) is 9.97. The van der Waals surface area contributed by atoms with Crippen molar-refractivity contribution < 1.29 is 4.39 Å². The lowest BCUT2D eigenvalue weighted by atomic mass is 9.90. The average Bonchev–Trinajstić information content (AvgIpc) is 2.23. The minimum Gasteiger partial charge on any atom is -0.317 e. The summed E-state index contributed by atoms with van der Waals surface area (Å²) in [6.07, 6.45) is 2.30. The molecule has 1 aromatic rings. The maximum atomic E-state index is 13.0. The molecule has 0 spiro atoms. The highest BCUT2D eigenvalue weighted by Crippen LogP contribution is 2.28. The van der Waals surface area contributed by atoms with Gasteiger partial charge in [0.1, 0.15) is 5.82 Å². The highest BCUT2D eigenvalue weighted by Gasteiger charge is 2.15. The lowest BCUT2D eigenvalue weighted by Gasteiger charge is -2.23. The Kier molecular flexibility index (Phi) is 3.19. The molecule has 1 aliphatic rings. The Morgan fingerprint density at radius 2 is 2.00 bits per heavy atom. The van der Waals surface area contributed by atoms with Crippen LogP contribution in [0.5, 0.6) is 0 Å². The fourth-order valence-electron chi connectivity index (χ4n) is 1.92. The summed E-state index contributed by atoms with van der Waals surface area (Å²) in [7, 11) is 0. The zero-order valence-corrected chi connectivity index (χ0v) is 9.48. The summed E-state index contributed by atoms with van der Waals surface area (Å²) >= 11 is 3.22. The Balaban J connectivity index is 2.18. The van der Waals surface area contributed by atoms with Gasteiger partial charge in [-0.3, -0.25) is 0 Å². The first-order valence-corrected chi connectivity index (χ1v) is 5.72. The van der Waals surface area contributed by atoms with E-state index < -0.39 is 0 Å². The van der Waals surface area contributed by atoms with Crippen molar-refractivity contribution in [3.8, 4) is 0 Å². The number of hydrogen-bond donors (Lipinski definition) is 1. The topological polar surface area (TPSA) is 12.0 Å². The number of halogens is 2. The third kappa shape index (κ3) is 2.15. The van der Waals surface area contributed by atoms with Gasteiger partial charge < -0.3 is 5.32 Å². The quantitative estimate of drug-likeness (QED) is 0.816. The molecule has 0 aliphatic carbocycles. The van der Waals surface area contributed by atoms with Gasteiger partial charge in [-0.05, 0) is 65.5 Å². The monoisotopic (exact) mass is 257 g/mol. The highest BCUT2D eigenvalue weighted by atomic mass is 79.9. The van der Waals surface area contributed by atoms with Gasteiger partial charge in [0, 0.05) is 0 Å². The molecular formula is C11H13BrFN. The summed E-state index contributed by atoms with van der Waals surface area (Å²) in [5.74, 6) is 0.413. The molecule has 0 bridgehead atoms. The van der Waals surface area contributed by atoms with E-state index in [-0.39, 0.29) is 5.82 Å². The normalized spacial score (nSPS) is 18.4. The fourth-order valence-corrected chi connectivity index (χ4v) is 2.32. The number of benzene rings is 1. The first-order chi connectivity index (χ1) is 6.77. The van der Waals surface area contributed by atoms with E-state index in [9.17, 15) is 4.39 Å². The van der Waals surface area contributed by atoms with Crippen LogP contribution in [-0.2, 0) is 0 Å². The first-order valence-electron chi connectivity index (χ1n) is 4.93. The summed E-state index contributed by atoms with van der Waals surface area (Å²) in [5, 5.41) is 3.32. The molecule has 0 radical (unpaired) electrons. The van der Waals surface area contributed by atoms with E-state index in [0.29, 0.717) is 10.4 Å². The molecule has 2 rings (SSSR count). The first kappa shape index (κ1) is 10.1. The molecule has 1 aliphatic heterocycles. The van der Waals surface area contributed by atoms with Crippen molar-refractivity contribution in [1.82, 2.24) is 5.32 Å². The predicted octanol–water partition coefficient (Wildman–Crippen LogP) is 3.06. The molecule has 3 heteroatoms. The standard InChI is InChI=1S/C11H13BrFN/c12-10-7-9(1-2-11(10)13)8-3-5-14-6-4-8/h1-2,7-8,14H,3-6H2. The van der Waals surface area contributed by atoms with Crippen molar-refractivity contribution in [3.05, 3.63) is 34.1 Å². The van der Waals surface area contributed by atoms with E-state index in [0.717, 1.165) is 25.9 Å². The molecule has 1 nitrogen and oxygen atoms in total. The van der Waals surface area contributed by atoms with Crippen LogP contribution in [0, 0.1) is 5.82 Å². The van der Waals surface area contributed by atoms with E-state index in [4.69, 9.17) is 0 Å². The SMILES string of the molecule is Fc1ccc(C2CCNCC2)cc1Br. The average molecular weight is 258 g/mol. The van der Waals surface area contributed by atoms with Gasteiger partial charge in [-0.15, -0.1) is 0 Å². The molecule has 1 N–H and O–H groups in total. The van der Waals surface area contributed by atoms with Gasteiger partial charge >= 0.3 is 0 Å². The van der Waals surface area contributed by atoms with Crippen LogP contribution in [-0.4, -0.2) is 13.1 Å². The summed E-state index contributed by atoms with van der Waals surface area (Å²) in [4.78, 5) is 0. The second-order valence-corrected chi connectivity index (χ2v) is 4.55. The minimum absolute atomic E-state index is 0.178. The summed E-state index contributed by atoms with van der Waals surface area (Å²) < 4.78 is 13.6. The van der Waals surface area contributed by atoms with Gasteiger partial charge in [0.25, 0.3) is 0 Å².